The summed E-state index contributed by atoms with van der Waals surface area (Å²) < 4.78 is 44.3. The van der Waals surface area contributed by atoms with Crippen molar-refractivity contribution in [3.63, 3.8) is 0 Å². The summed E-state index contributed by atoms with van der Waals surface area (Å²) in [6, 6.07) is 17.1. The van der Waals surface area contributed by atoms with Gasteiger partial charge in [-0.05, 0) is 78.7 Å². The highest BCUT2D eigenvalue weighted by Crippen LogP contribution is 2.30. The molecular weight excluding hydrogens is 526 g/mol. The molecule has 0 spiro atoms. The number of anilines is 1. The van der Waals surface area contributed by atoms with Crippen LogP contribution in [0.1, 0.15) is 38.2 Å². The van der Waals surface area contributed by atoms with Crippen molar-refractivity contribution < 1.29 is 27.4 Å². The number of rotatable bonds is 13. The van der Waals surface area contributed by atoms with Gasteiger partial charge in [0.1, 0.15) is 5.75 Å². The number of benzene rings is 3. The number of unbranched alkanes of at least 4 members (excludes halogenated alkanes) is 3. The van der Waals surface area contributed by atoms with Gasteiger partial charge in [-0.2, -0.15) is 4.31 Å². The Labute approximate surface area is 229 Å². The lowest BCUT2D eigenvalue weighted by Gasteiger charge is -2.21. The molecule has 3 aromatic rings. The lowest BCUT2D eigenvalue weighted by Crippen LogP contribution is -2.35. The number of amides is 1. The average molecular weight is 558 g/mol. The molecule has 0 aromatic heterocycles. The SMILES string of the molecule is CCCCCCOc1ccc(/C=C/C(=O)N(c2ccc(OC)cc2)S(=O)(=O)c2ccc(Cl)cc2)cc1OC. The molecule has 3 aromatic carbocycles. The number of halogens is 1. The van der Waals surface area contributed by atoms with E-state index in [0.29, 0.717) is 34.4 Å². The number of hydrogen-bond donors (Lipinski definition) is 0. The van der Waals surface area contributed by atoms with Crippen LogP contribution in [0.4, 0.5) is 5.69 Å². The summed E-state index contributed by atoms with van der Waals surface area (Å²) in [7, 11) is -1.20. The number of methoxy groups -OCH3 is 2. The molecule has 0 aliphatic rings. The molecule has 0 atom stereocenters. The van der Waals surface area contributed by atoms with Gasteiger partial charge in [0.25, 0.3) is 15.9 Å². The first-order valence-electron chi connectivity index (χ1n) is 12.3. The third-order valence-electron chi connectivity index (χ3n) is 5.72. The van der Waals surface area contributed by atoms with Gasteiger partial charge < -0.3 is 14.2 Å². The fourth-order valence-electron chi connectivity index (χ4n) is 3.67. The van der Waals surface area contributed by atoms with E-state index < -0.39 is 15.9 Å². The van der Waals surface area contributed by atoms with Gasteiger partial charge in [0.2, 0.25) is 0 Å². The zero-order chi connectivity index (χ0) is 27.5. The molecule has 7 nitrogen and oxygen atoms in total. The zero-order valence-corrected chi connectivity index (χ0v) is 23.3. The predicted molar refractivity (Wildman–Crippen MR) is 151 cm³/mol. The standard InChI is InChI=1S/C29H32ClNO6S/c1-4-5-6-7-20-37-27-18-8-22(21-28(27)36-3)9-19-29(32)31(24-12-14-25(35-2)15-13-24)38(33,34)26-16-10-23(30)11-17-26/h8-19,21H,4-7,20H2,1-3H3/b19-9+. The summed E-state index contributed by atoms with van der Waals surface area (Å²) >= 11 is 5.94. The Morgan fingerprint density at radius 3 is 2.24 bits per heavy atom. The first-order valence-corrected chi connectivity index (χ1v) is 14.1. The van der Waals surface area contributed by atoms with E-state index in [9.17, 15) is 13.2 Å². The summed E-state index contributed by atoms with van der Waals surface area (Å²) in [4.78, 5) is 13.3. The minimum absolute atomic E-state index is 0.0680. The Morgan fingerprint density at radius 2 is 1.61 bits per heavy atom. The molecule has 0 N–H and O–H groups in total. The second-order valence-corrected chi connectivity index (χ2v) is 10.6. The van der Waals surface area contributed by atoms with Crippen LogP contribution in [0.5, 0.6) is 17.2 Å². The minimum atomic E-state index is -4.24. The van der Waals surface area contributed by atoms with E-state index in [2.05, 4.69) is 6.92 Å². The largest absolute Gasteiger partial charge is 0.497 e. The summed E-state index contributed by atoms with van der Waals surface area (Å²) in [5.74, 6) is 0.911. The smallest absolute Gasteiger partial charge is 0.271 e. The molecule has 202 valence electrons. The van der Waals surface area contributed by atoms with Crippen LogP contribution < -0.4 is 18.5 Å². The summed E-state index contributed by atoms with van der Waals surface area (Å²) in [6.45, 7) is 2.74. The monoisotopic (exact) mass is 557 g/mol. The van der Waals surface area contributed by atoms with E-state index in [4.69, 9.17) is 25.8 Å². The van der Waals surface area contributed by atoms with Crippen molar-refractivity contribution in [1.82, 2.24) is 0 Å². The van der Waals surface area contributed by atoms with E-state index >= 15 is 0 Å². The lowest BCUT2D eigenvalue weighted by molar-refractivity contribution is -0.113. The number of ether oxygens (including phenoxy) is 3. The van der Waals surface area contributed by atoms with E-state index in [-0.39, 0.29) is 10.6 Å². The van der Waals surface area contributed by atoms with Gasteiger partial charge in [-0.15, -0.1) is 0 Å². The first kappa shape index (κ1) is 29.1. The summed E-state index contributed by atoms with van der Waals surface area (Å²) in [5.41, 5.74) is 0.812. The van der Waals surface area contributed by atoms with Gasteiger partial charge in [-0.3, -0.25) is 4.79 Å². The van der Waals surface area contributed by atoms with Crippen molar-refractivity contribution >= 4 is 39.3 Å². The molecule has 0 aliphatic heterocycles. The Bertz CT molecular complexity index is 1340. The zero-order valence-electron chi connectivity index (χ0n) is 21.7. The predicted octanol–water partition coefficient (Wildman–Crippen LogP) is 6.75. The van der Waals surface area contributed by atoms with Crippen LogP contribution in [0.3, 0.4) is 0 Å². The van der Waals surface area contributed by atoms with E-state index in [1.54, 1.807) is 37.4 Å². The van der Waals surface area contributed by atoms with Crippen molar-refractivity contribution in [3.05, 3.63) is 83.4 Å². The van der Waals surface area contributed by atoms with Crippen LogP contribution in [0.15, 0.2) is 77.7 Å². The molecule has 9 heteroatoms. The molecule has 0 radical (unpaired) electrons. The molecule has 0 bridgehead atoms. The van der Waals surface area contributed by atoms with E-state index in [0.717, 1.165) is 23.6 Å². The first-order chi connectivity index (χ1) is 18.3. The average Bonchev–Trinajstić information content (AvgIpc) is 2.92. The summed E-state index contributed by atoms with van der Waals surface area (Å²) in [5, 5.41) is 0.383. The molecule has 0 heterocycles. The Hall–Kier alpha value is -3.49. The minimum Gasteiger partial charge on any atom is -0.497 e. The molecule has 0 fully saturated rings. The van der Waals surface area contributed by atoms with E-state index in [1.807, 2.05) is 0 Å². The summed E-state index contributed by atoms with van der Waals surface area (Å²) in [6.07, 6.45) is 7.11. The normalized spacial score (nSPS) is 11.4. The van der Waals surface area contributed by atoms with E-state index in [1.165, 1.54) is 62.1 Å². The Balaban J connectivity index is 1.87. The molecule has 1 amide bonds. The van der Waals surface area contributed by atoms with Gasteiger partial charge in [0.05, 0.1) is 31.4 Å². The number of nitrogens with zero attached hydrogens (tertiary/aromatic N) is 1. The number of carbonyl (C=O) groups excluding carboxylic acids is 1. The van der Waals surface area contributed by atoms with Crippen molar-refractivity contribution in [2.24, 2.45) is 0 Å². The van der Waals surface area contributed by atoms with Gasteiger partial charge in [0, 0.05) is 11.1 Å². The molecule has 38 heavy (non-hydrogen) atoms. The van der Waals surface area contributed by atoms with Crippen LogP contribution in [-0.4, -0.2) is 35.2 Å². The molecule has 0 unspecified atom stereocenters. The molecular formula is C29H32ClNO6S. The highest BCUT2D eigenvalue weighted by atomic mass is 35.5. The lowest BCUT2D eigenvalue weighted by atomic mass is 10.2. The molecule has 0 saturated carbocycles. The van der Waals surface area contributed by atoms with Crippen LogP contribution in [0.2, 0.25) is 5.02 Å². The second kappa shape index (κ2) is 13.9. The maximum Gasteiger partial charge on any atom is 0.271 e. The van der Waals surface area contributed by atoms with Gasteiger partial charge in [0.15, 0.2) is 11.5 Å². The highest BCUT2D eigenvalue weighted by Gasteiger charge is 2.30. The van der Waals surface area contributed by atoms with Crippen molar-refractivity contribution in [1.29, 1.82) is 0 Å². The van der Waals surface area contributed by atoms with Gasteiger partial charge >= 0.3 is 0 Å². The fraction of sp³-hybridized carbons (Fsp3) is 0.276. The van der Waals surface area contributed by atoms with Crippen molar-refractivity contribution in [3.8, 4) is 17.2 Å². The fourth-order valence-corrected chi connectivity index (χ4v) is 5.18. The molecule has 3 rings (SSSR count). The molecule has 0 saturated heterocycles. The number of sulfonamides is 1. The Kier molecular flexibility index (Phi) is 10.6. The van der Waals surface area contributed by atoms with Crippen molar-refractivity contribution in [2.75, 3.05) is 25.1 Å². The maximum atomic E-state index is 13.5. The topological polar surface area (TPSA) is 82.1 Å². The van der Waals surface area contributed by atoms with Crippen LogP contribution in [0, 0.1) is 0 Å². The van der Waals surface area contributed by atoms with Gasteiger partial charge in [-0.1, -0.05) is 43.9 Å². The number of carbonyl (C=O) groups is 1. The van der Waals surface area contributed by atoms with Crippen LogP contribution in [-0.2, 0) is 14.8 Å². The van der Waals surface area contributed by atoms with Crippen molar-refractivity contribution in [2.45, 2.75) is 37.5 Å². The third-order valence-corrected chi connectivity index (χ3v) is 7.71. The second-order valence-electron chi connectivity index (χ2n) is 8.41. The Morgan fingerprint density at radius 1 is 0.895 bits per heavy atom. The highest BCUT2D eigenvalue weighted by molar-refractivity contribution is 7.93. The van der Waals surface area contributed by atoms with Crippen LogP contribution in [0.25, 0.3) is 6.08 Å². The third kappa shape index (κ3) is 7.52. The maximum absolute atomic E-state index is 13.5. The molecule has 0 aliphatic carbocycles. The van der Waals surface area contributed by atoms with Crippen LogP contribution >= 0.6 is 11.6 Å². The number of hydrogen-bond acceptors (Lipinski definition) is 6. The van der Waals surface area contributed by atoms with Gasteiger partial charge in [-0.25, -0.2) is 8.42 Å². The quantitative estimate of drug-likeness (QED) is 0.171.